The Balaban J connectivity index is 1.59. The summed E-state index contributed by atoms with van der Waals surface area (Å²) in [5, 5.41) is 11.7. The van der Waals surface area contributed by atoms with Crippen LogP contribution in [0.5, 0.6) is 0 Å². The molecule has 0 radical (unpaired) electrons. The highest BCUT2D eigenvalue weighted by Crippen LogP contribution is 2.35. The van der Waals surface area contributed by atoms with E-state index >= 15 is 0 Å². The van der Waals surface area contributed by atoms with Crippen molar-refractivity contribution in [1.29, 1.82) is 0 Å². The van der Waals surface area contributed by atoms with Crippen molar-refractivity contribution in [2.45, 2.75) is 13.0 Å². The van der Waals surface area contributed by atoms with E-state index < -0.39 is 7.14 Å². The van der Waals surface area contributed by atoms with Gasteiger partial charge in [0, 0.05) is 13.2 Å². The number of nitrogens with zero attached hydrogens (tertiary/aromatic N) is 5. The van der Waals surface area contributed by atoms with Crippen LogP contribution in [-0.2, 0) is 15.8 Å². The summed E-state index contributed by atoms with van der Waals surface area (Å²) < 4.78 is 18.8. The largest absolute Gasteiger partial charge is 0.374 e. The molecule has 0 aliphatic carbocycles. The van der Waals surface area contributed by atoms with Crippen molar-refractivity contribution in [3.63, 3.8) is 0 Å². The zero-order valence-corrected chi connectivity index (χ0v) is 15.9. The molecule has 0 aliphatic heterocycles. The lowest BCUT2D eigenvalue weighted by atomic mass is 10.2. The quantitative estimate of drug-likeness (QED) is 0.454. The van der Waals surface area contributed by atoms with Crippen molar-refractivity contribution in [3.8, 4) is 0 Å². The maximum absolute atomic E-state index is 11.6. The Morgan fingerprint density at radius 3 is 2.77 bits per heavy atom. The van der Waals surface area contributed by atoms with E-state index in [-0.39, 0.29) is 0 Å². The summed E-state index contributed by atoms with van der Waals surface area (Å²) >= 11 is 0. The molecule has 2 aromatic heterocycles. The van der Waals surface area contributed by atoms with Crippen LogP contribution < -0.4 is 5.32 Å². The van der Waals surface area contributed by atoms with Crippen molar-refractivity contribution in [2.24, 2.45) is 0 Å². The maximum Gasteiger partial charge on any atom is 0.184 e. The van der Waals surface area contributed by atoms with E-state index in [2.05, 4.69) is 25.6 Å². The van der Waals surface area contributed by atoms with E-state index in [1.165, 1.54) is 6.33 Å². The van der Waals surface area contributed by atoms with Gasteiger partial charge in [0.25, 0.3) is 0 Å². The SMILES string of the molecule is CP(C)(=O)COCCCNc1ncnc2c1nnn2Cc1ccccc1. The minimum Gasteiger partial charge on any atom is -0.374 e. The Kier molecular flexibility index (Phi) is 5.96. The molecule has 9 heteroatoms. The molecule has 0 amide bonds. The van der Waals surface area contributed by atoms with Gasteiger partial charge in [0.05, 0.1) is 12.9 Å². The Bertz CT molecular complexity index is 893. The van der Waals surface area contributed by atoms with Crippen LogP contribution in [0.4, 0.5) is 5.82 Å². The second-order valence-corrected chi connectivity index (χ2v) is 9.92. The standard InChI is InChI=1S/C17H23N6O2P/c1-26(2,24)13-25-10-6-9-18-16-15-17(20-12-19-16)23(22-21-15)11-14-7-4-3-5-8-14/h3-5,7-8,12H,6,9-11,13H2,1-2H3,(H,18,19,20). The van der Waals surface area contributed by atoms with Gasteiger partial charge >= 0.3 is 0 Å². The van der Waals surface area contributed by atoms with E-state index in [1.807, 2.05) is 30.3 Å². The van der Waals surface area contributed by atoms with Gasteiger partial charge < -0.3 is 14.6 Å². The van der Waals surface area contributed by atoms with Gasteiger partial charge in [-0.2, -0.15) is 0 Å². The molecule has 26 heavy (non-hydrogen) atoms. The van der Waals surface area contributed by atoms with Crippen LogP contribution in [-0.4, -0.2) is 57.8 Å². The predicted molar refractivity (Wildman–Crippen MR) is 102 cm³/mol. The summed E-state index contributed by atoms with van der Waals surface area (Å²) in [6.45, 7) is 5.28. The van der Waals surface area contributed by atoms with Crippen LogP contribution in [0.25, 0.3) is 11.2 Å². The molecule has 138 valence electrons. The molecule has 0 spiro atoms. The third kappa shape index (κ3) is 5.09. The summed E-state index contributed by atoms with van der Waals surface area (Å²) in [5.74, 6) is 0.658. The second-order valence-electron chi connectivity index (χ2n) is 6.52. The summed E-state index contributed by atoms with van der Waals surface area (Å²) in [4.78, 5) is 8.57. The highest BCUT2D eigenvalue weighted by atomic mass is 31.2. The van der Waals surface area contributed by atoms with Crippen molar-refractivity contribution in [1.82, 2.24) is 25.0 Å². The van der Waals surface area contributed by atoms with Crippen LogP contribution in [0.15, 0.2) is 36.7 Å². The smallest absolute Gasteiger partial charge is 0.184 e. The van der Waals surface area contributed by atoms with Crippen molar-refractivity contribution in [3.05, 3.63) is 42.2 Å². The monoisotopic (exact) mass is 374 g/mol. The lowest BCUT2D eigenvalue weighted by Gasteiger charge is -2.09. The first-order valence-electron chi connectivity index (χ1n) is 8.47. The molecular formula is C17H23N6O2P. The van der Waals surface area contributed by atoms with Crippen LogP contribution in [0.3, 0.4) is 0 Å². The number of nitrogens with one attached hydrogen (secondary N) is 1. The van der Waals surface area contributed by atoms with Crippen LogP contribution in [0, 0.1) is 0 Å². The molecule has 3 rings (SSSR count). The molecule has 0 atom stereocenters. The van der Waals surface area contributed by atoms with Crippen LogP contribution in [0.1, 0.15) is 12.0 Å². The first kappa shape index (κ1) is 18.5. The van der Waals surface area contributed by atoms with Gasteiger partial charge in [-0.15, -0.1) is 5.10 Å². The number of hydrogen-bond donors (Lipinski definition) is 1. The Labute approximate surface area is 152 Å². The molecule has 0 bridgehead atoms. The molecule has 0 unspecified atom stereocenters. The van der Waals surface area contributed by atoms with Gasteiger partial charge in [-0.1, -0.05) is 35.5 Å². The average Bonchev–Trinajstić information content (AvgIpc) is 3.02. The number of benzene rings is 1. The van der Waals surface area contributed by atoms with E-state index in [0.29, 0.717) is 43.0 Å². The molecule has 1 N–H and O–H groups in total. The van der Waals surface area contributed by atoms with E-state index in [1.54, 1.807) is 18.0 Å². The predicted octanol–water partition coefficient (Wildman–Crippen LogP) is 2.67. The summed E-state index contributed by atoms with van der Waals surface area (Å²) in [6.07, 6.45) is 2.61. The Hall–Kier alpha value is -2.31. The van der Waals surface area contributed by atoms with Crippen molar-refractivity contribution in [2.75, 3.05) is 38.1 Å². The minimum absolute atomic E-state index is 0.318. The lowest BCUT2D eigenvalue weighted by molar-refractivity contribution is 0.175. The first-order chi connectivity index (χ1) is 12.5. The summed E-state index contributed by atoms with van der Waals surface area (Å²) in [6, 6.07) is 10.1. The van der Waals surface area contributed by atoms with Crippen molar-refractivity contribution < 1.29 is 9.30 Å². The molecule has 0 saturated heterocycles. The number of fused-ring (bicyclic) bond motifs is 1. The summed E-state index contributed by atoms with van der Waals surface area (Å²) in [5.41, 5.74) is 2.48. The van der Waals surface area contributed by atoms with E-state index in [4.69, 9.17) is 4.74 Å². The van der Waals surface area contributed by atoms with E-state index in [9.17, 15) is 4.57 Å². The molecule has 0 aliphatic rings. The maximum atomic E-state index is 11.6. The molecule has 0 saturated carbocycles. The highest BCUT2D eigenvalue weighted by Gasteiger charge is 2.12. The van der Waals surface area contributed by atoms with Gasteiger partial charge in [0.15, 0.2) is 17.0 Å². The fourth-order valence-corrected chi connectivity index (χ4v) is 3.02. The number of ether oxygens (including phenoxy) is 1. The zero-order chi connectivity index (χ0) is 18.4. The van der Waals surface area contributed by atoms with Gasteiger partial charge in [-0.25, -0.2) is 14.6 Å². The Morgan fingerprint density at radius 2 is 2.00 bits per heavy atom. The molecular weight excluding hydrogens is 351 g/mol. The average molecular weight is 374 g/mol. The van der Waals surface area contributed by atoms with E-state index in [0.717, 1.165) is 12.0 Å². The number of anilines is 1. The Morgan fingerprint density at radius 1 is 1.19 bits per heavy atom. The van der Waals surface area contributed by atoms with Crippen LogP contribution >= 0.6 is 7.14 Å². The van der Waals surface area contributed by atoms with Crippen molar-refractivity contribution >= 4 is 24.1 Å². The third-order valence-electron chi connectivity index (χ3n) is 3.64. The minimum atomic E-state index is -2.12. The third-order valence-corrected chi connectivity index (χ3v) is 4.44. The molecule has 8 nitrogen and oxygen atoms in total. The molecule has 0 fully saturated rings. The molecule has 2 heterocycles. The van der Waals surface area contributed by atoms with Gasteiger partial charge in [-0.05, 0) is 25.3 Å². The summed E-state index contributed by atoms with van der Waals surface area (Å²) in [7, 11) is -2.12. The fourth-order valence-electron chi connectivity index (χ4n) is 2.45. The second kappa shape index (κ2) is 8.38. The van der Waals surface area contributed by atoms with Gasteiger partial charge in [-0.3, -0.25) is 0 Å². The van der Waals surface area contributed by atoms with Gasteiger partial charge in [0.2, 0.25) is 0 Å². The highest BCUT2D eigenvalue weighted by molar-refractivity contribution is 7.62. The molecule has 3 aromatic rings. The zero-order valence-electron chi connectivity index (χ0n) is 15.0. The van der Waals surface area contributed by atoms with Gasteiger partial charge in [0.1, 0.15) is 13.5 Å². The van der Waals surface area contributed by atoms with Crippen LogP contribution in [0.2, 0.25) is 0 Å². The fraction of sp³-hybridized carbons (Fsp3) is 0.412. The lowest BCUT2D eigenvalue weighted by Crippen LogP contribution is -2.08. The number of rotatable bonds is 9. The molecule has 1 aromatic carbocycles. The topological polar surface area (TPSA) is 94.8 Å². The normalized spacial score (nSPS) is 11.8. The number of aromatic nitrogens is 5. The number of hydrogen-bond acceptors (Lipinski definition) is 7. The first-order valence-corrected chi connectivity index (χ1v) is 11.3.